The Morgan fingerprint density at radius 2 is 1.50 bits per heavy atom. The van der Waals surface area contributed by atoms with E-state index in [4.69, 9.17) is 0 Å². The summed E-state index contributed by atoms with van der Waals surface area (Å²) in [6, 6.07) is 9.69. The first-order valence-electron chi connectivity index (χ1n) is 7.53. The van der Waals surface area contributed by atoms with Crippen molar-refractivity contribution in [2.24, 2.45) is 0 Å². The molecule has 0 N–H and O–H groups in total. The minimum atomic E-state index is -1.34. The fourth-order valence-corrected chi connectivity index (χ4v) is 5.81. The van der Waals surface area contributed by atoms with Gasteiger partial charge < -0.3 is 7.42 Å². The molecule has 1 aromatic rings. The van der Waals surface area contributed by atoms with Crippen LogP contribution in [0.1, 0.15) is 41.4 Å². The monoisotopic (exact) mass is 365 g/mol. The van der Waals surface area contributed by atoms with Crippen LogP contribution in [0.3, 0.4) is 0 Å². The summed E-state index contributed by atoms with van der Waals surface area (Å²) in [6.45, 7) is 7.42. The molecule has 0 aromatic heterocycles. The van der Waals surface area contributed by atoms with Gasteiger partial charge >= 0.3 is 23.1 Å². The Labute approximate surface area is 152 Å². The van der Waals surface area contributed by atoms with Crippen molar-refractivity contribution in [3.63, 3.8) is 0 Å². The van der Waals surface area contributed by atoms with Crippen molar-refractivity contribution in [3.05, 3.63) is 28.7 Å². The van der Waals surface area contributed by atoms with Crippen LogP contribution in [0.2, 0.25) is 19.6 Å². The third kappa shape index (κ3) is 5.04. The summed E-state index contributed by atoms with van der Waals surface area (Å²) in [4.78, 5) is 0. The maximum atomic E-state index is 3.55. The molecule has 0 heterocycles. The van der Waals surface area contributed by atoms with Gasteiger partial charge in [-0.25, -0.2) is 0 Å². The standard InChI is InChI=1S/C16H26BrNSi.Mg.2H/c1-19(2,3)18(15-8-6-4-5-7-9-15)16-12-10-14(17)11-13-16;;;/h10-13,15H,4-9H2,1-3H3;;;/q;+2;2*-1. The quantitative estimate of drug-likeness (QED) is 0.493. The summed E-state index contributed by atoms with van der Waals surface area (Å²) < 4.78 is 3.96. The maximum Gasteiger partial charge on any atom is 2.00 e. The summed E-state index contributed by atoms with van der Waals surface area (Å²) in [6.07, 6.45) is 8.41. The zero-order valence-electron chi connectivity index (χ0n) is 15.2. The van der Waals surface area contributed by atoms with Crippen molar-refractivity contribution in [2.45, 2.75) is 64.2 Å². The number of nitrogens with zero attached hydrogens (tertiary/aromatic N) is 1. The van der Waals surface area contributed by atoms with Gasteiger partial charge in [-0.1, -0.05) is 61.3 Å². The number of hydrogen-bond acceptors (Lipinski definition) is 1. The largest absolute Gasteiger partial charge is 2.00 e. The van der Waals surface area contributed by atoms with Crippen LogP contribution >= 0.6 is 15.9 Å². The molecule has 0 amide bonds. The Kier molecular flexibility index (Phi) is 7.60. The van der Waals surface area contributed by atoms with Gasteiger partial charge in [0.2, 0.25) is 0 Å². The second-order valence-corrected chi connectivity index (χ2v) is 12.4. The fourth-order valence-electron chi connectivity index (χ4n) is 3.26. The number of rotatable bonds is 3. The summed E-state index contributed by atoms with van der Waals surface area (Å²) in [5.74, 6) is 0. The predicted octanol–water partition coefficient (Wildman–Crippen LogP) is 5.66. The van der Waals surface area contributed by atoms with Crippen LogP contribution < -0.4 is 4.57 Å². The van der Waals surface area contributed by atoms with Gasteiger partial charge in [0.05, 0.1) is 0 Å². The first-order valence-corrected chi connectivity index (χ1v) is 11.8. The number of halogens is 1. The van der Waals surface area contributed by atoms with Crippen molar-refractivity contribution < 1.29 is 2.85 Å². The van der Waals surface area contributed by atoms with E-state index in [1.807, 2.05) is 0 Å². The number of benzene rings is 1. The summed E-state index contributed by atoms with van der Waals surface area (Å²) in [5, 5.41) is 0. The smallest absolute Gasteiger partial charge is 1.00 e. The molecule has 0 spiro atoms. The average Bonchev–Trinajstić information content (AvgIpc) is 2.59. The predicted molar refractivity (Wildman–Crippen MR) is 99.4 cm³/mol. The molecule has 0 atom stereocenters. The Morgan fingerprint density at radius 3 is 1.95 bits per heavy atom. The molecule has 1 aliphatic rings. The molecule has 0 bridgehead atoms. The molecule has 4 heteroatoms. The molecule has 110 valence electrons. The van der Waals surface area contributed by atoms with Crippen molar-refractivity contribution in [1.82, 2.24) is 0 Å². The van der Waals surface area contributed by atoms with Crippen LogP contribution in [0.4, 0.5) is 5.69 Å². The van der Waals surface area contributed by atoms with Gasteiger partial charge in [-0.3, -0.25) is 0 Å². The van der Waals surface area contributed by atoms with Gasteiger partial charge in [-0.05, 0) is 37.1 Å². The minimum absolute atomic E-state index is 0. The van der Waals surface area contributed by atoms with Gasteiger partial charge in [-0.15, -0.1) is 0 Å². The summed E-state index contributed by atoms with van der Waals surface area (Å²) in [5.41, 5.74) is 1.43. The molecule has 0 aliphatic heterocycles. The van der Waals surface area contributed by atoms with E-state index in [9.17, 15) is 0 Å². The van der Waals surface area contributed by atoms with E-state index in [2.05, 4.69) is 64.4 Å². The normalized spacial score (nSPS) is 17.2. The van der Waals surface area contributed by atoms with Crippen molar-refractivity contribution in [2.75, 3.05) is 4.57 Å². The molecule has 1 aromatic carbocycles. The Hall–Kier alpha value is 0.483. The second-order valence-electron chi connectivity index (χ2n) is 6.66. The molecule has 0 radical (unpaired) electrons. The molecule has 20 heavy (non-hydrogen) atoms. The first kappa shape index (κ1) is 18.5. The Bertz CT molecular complexity index is 404. The first-order chi connectivity index (χ1) is 8.98. The average molecular weight is 367 g/mol. The summed E-state index contributed by atoms with van der Waals surface area (Å²) >= 11 is 3.55. The van der Waals surface area contributed by atoms with E-state index in [-0.39, 0.29) is 25.9 Å². The third-order valence-corrected chi connectivity index (χ3v) is 6.61. The summed E-state index contributed by atoms with van der Waals surface area (Å²) in [7, 11) is -1.34. The molecule has 0 saturated heterocycles. The molecule has 1 fully saturated rings. The fraction of sp³-hybridized carbons (Fsp3) is 0.625. The molecule has 0 unspecified atom stereocenters. The molecule has 1 nitrogen and oxygen atoms in total. The van der Waals surface area contributed by atoms with E-state index in [0.29, 0.717) is 0 Å². The van der Waals surface area contributed by atoms with Crippen LogP contribution in [-0.2, 0) is 0 Å². The van der Waals surface area contributed by atoms with Crippen LogP contribution in [0.5, 0.6) is 0 Å². The van der Waals surface area contributed by atoms with E-state index in [1.54, 1.807) is 0 Å². The van der Waals surface area contributed by atoms with Gasteiger partial charge in [0.15, 0.2) is 0 Å². The van der Waals surface area contributed by atoms with E-state index in [1.165, 1.54) is 48.7 Å². The van der Waals surface area contributed by atoms with Gasteiger partial charge in [0.25, 0.3) is 0 Å². The maximum absolute atomic E-state index is 3.55. The third-order valence-electron chi connectivity index (χ3n) is 4.02. The minimum Gasteiger partial charge on any atom is -1.00 e. The van der Waals surface area contributed by atoms with Gasteiger partial charge in [-0.2, -0.15) is 0 Å². The van der Waals surface area contributed by atoms with Crippen LogP contribution in [-0.4, -0.2) is 37.3 Å². The van der Waals surface area contributed by atoms with E-state index in [0.717, 1.165) is 6.04 Å². The molecule has 1 aliphatic carbocycles. The zero-order valence-corrected chi connectivity index (χ0v) is 17.2. The topological polar surface area (TPSA) is 3.24 Å². The molecule has 2 rings (SSSR count). The van der Waals surface area contributed by atoms with Crippen LogP contribution in [0.15, 0.2) is 28.7 Å². The SMILES string of the molecule is C[Si](C)(C)N(c1ccc(Br)cc1)C1CCCCCC1.[H-].[H-].[Mg+2]. The Morgan fingerprint density at radius 1 is 1.00 bits per heavy atom. The molecular formula is C16H28BrMgNSi. The number of hydrogen-bond donors (Lipinski definition) is 0. The Balaban J connectivity index is 0. The van der Waals surface area contributed by atoms with E-state index < -0.39 is 8.24 Å². The van der Waals surface area contributed by atoms with Crippen molar-refractivity contribution in [1.29, 1.82) is 0 Å². The van der Waals surface area contributed by atoms with E-state index >= 15 is 0 Å². The number of anilines is 1. The van der Waals surface area contributed by atoms with Gasteiger partial charge in [0.1, 0.15) is 8.24 Å². The molecular weight excluding hydrogens is 338 g/mol. The molecule has 1 saturated carbocycles. The van der Waals surface area contributed by atoms with Crippen molar-refractivity contribution >= 4 is 52.9 Å². The van der Waals surface area contributed by atoms with Crippen LogP contribution in [0.25, 0.3) is 0 Å². The second kappa shape index (κ2) is 8.20. The van der Waals surface area contributed by atoms with Crippen LogP contribution in [0, 0.1) is 0 Å². The van der Waals surface area contributed by atoms with Crippen molar-refractivity contribution in [3.8, 4) is 0 Å². The zero-order chi connectivity index (χ0) is 13.9. The van der Waals surface area contributed by atoms with Gasteiger partial charge in [0, 0.05) is 16.2 Å².